The van der Waals surface area contributed by atoms with Gasteiger partial charge in [-0.15, -0.1) is 0 Å². The molecule has 0 spiro atoms. The molecule has 32 heavy (non-hydrogen) atoms. The lowest BCUT2D eigenvalue weighted by Gasteiger charge is -2.23. The molecule has 0 aliphatic heterocycles. The van der Waals surface area contributed by atoms with Gasteiger partial charge in [-0.1, -0.05) is 51.9 Å². The average Bonchev–Trinajstić information content (AvgIpc) is 2.80. The fourth-order valence-electron chi connectivity index (χ4n) is 3.33. The lowest BCUT2D eigenvalue weighted by molar-refractivity contribution is -0.285. The Hall–Kier alpha value is -1.45. The number of hydrogen-bond donors (Lipinski definition) is 0. The van der Waals surface area contributed by atoms with Crippen molar-refractivity contribution in [2.45, 2.75) is 90.1 Å². The summed E-state index contributed by atoms with van der Waals surface area (Å²) < 4.78 is 87.6. The van der Waals surface area contributed by atoms with E-state index in [-0.39, 0.29) is 12.7 Å². The van der Waals surface area contributed by atoms with Crippen molar-refractivity contribution in [3.8, 4) is 5.75 Å². The fourth-order valence-corrected chi connectivity index (χ4v) is 3.33. The second-order valence-corrected chi connectivity index (χ2v) is 7.67. The van der Waals surface area contributed by atoms with Gasteiger partial charge in [-0.25, -0.2) is 13.2 Å². The van der Waals surface area contributed by atoms with Gasteiger partial charge in [-0.05, 0) is 25.7 Å². The second kappa shape index (κ2) is 16.2. The van der Waals surface area contributed by atoms with Gasteiger partial charge in [0.25, 0.3) is 6.48 Å². The summed E-state index contributed by atoms with van der Waals surface area (Å²) in [4.78, 5) is 0. The highest BCUT2D eigenvalue weighted by molar-refractivity contribution is 5.29. The van der Waals surface area contributed by atoms with Gasteiger partial charge in [-0.2, -0.15) is 8.78 Å². The molecule has 1 rings (SSSR count). The van der Waals surface area contributed by atoms with Crippen molar-refractivity contribution >= 4 is 0 Å². The molecule has 186 valence electrons. The van der Waals surface area contributed by atoms with Crippen molar-refractivity contribution in [2.75, 3.05) is 20.8 Å². The van der Waals surface area contributed by atoms with E-state index in [1.807, 2.05) is 0 Å². The van der Waals surface area contributed by atoms with Crippen LogP contribution in [0.5, 0.6) is 5.75 Å². The van der Waals surface area contributed by atoms with Crippen LogP contribution in [0.4, 0.5) is 22.0 Å². The molecule has 0 radical (unpaired) electrons. The Morgan fingerprint density at radius 2 is 1.09 bits per heavy atom. The van der Waals surface area contributed by atoms with E-state index < -0.39 is 41.3 Å². The smallest absolute Gasteiger partial charge is 0.271 e. The Morgan fingerprint density at radius 1 is 0.625 bits per heavy atom. The molecule has 1 aromatic rings. The molecule has 0 heterocycles. The van der Waals surface area contributed by atoms with Crippen LogP contribution in [0.2, 0.25) is 0 Å². The summed E-state index contributed by atoms with van der Waals surface area (Å²) in [5, 5.41) is 0. The van der Waals surface area contributed by atoms with Crippen LogP contribution in [0.15, 0.2) is 0 Å². The van der Waals surface area contributed by atoms with Crippen LogP contribution in [0.3, 0.4) is 0 Å². The molecule has 0 saturated heterocycles. The molecule has 1 aromatic carbocycles. The minimum absolute atomic E-state index is 0.148. The Labute approximate surface area is 187 Å². The van der Waals surface area contributed by atoms with E-state index >= 15 is 0 Å². The first-order valence-corrected chi connectivity index (χ1v) is 11.2. The largest absolute Gasteiger partial charge is 0.487 e. The molecule has 0 saturated carbocycles. The van der Waals surface area contributed by atoms with Crippen LogP contribution < -0.4 is 4.74 Å². The van der Waals surface area contributed by atoms with Gasteiger partial charge in [0.1, 0.15) is 0 Å². The van der Waals surface area contributed by atoms with E-state index in [9.17, 15) is 22.0 Å². The topological polar surface area (TPSA) is 36.9 Å². The summed E-state index contributed by atoms with van der Waals surface area (Å²) in [5.74, 6) is -11.4. The lowest BCUT2D eigenvalue weighted by Crippen LogP contribution is -2.25. The highest BCUT2D eigenvalue weighted by Crippen LogP contribution is 2.29. The molecule has 0 N–H and O–H groups in total. The van der Waals surface area contributed by atoms with Crippen molar-refractivity contribution in [3.05, 3.63) is 29.1 Å². The Bertz CT molecular complexity index is 627. The summed E-state index contributed by atoms with van der Waals surface area (Å²) in [7, 11) is 2.94. The number of unbranched alkanes of at least 4 members (excludes halogenated alkanes) is 7. The third-order valence-electron chi connectivity index (χ3n) is 5.15. The van der Waals surface area contributed by atoms with Crippen LogP contribution in [-0.4, -0.2) is 33.4 Å². The predicted octanol–water partition coefficient (Wildman–Crippen LogP) is 7.03. The molecule has 0 amide bonds. The zero-order valence-corrected chi connectivity index (χ0v) is 19.2. The first-order valence-electron chi connectivity index (χ1n) is 11.2. The van der Waals surface area contributed by atoms with Crippen LogP contribution >= 0.6 is 0 Å². The third kappa shape index (κ3) is 9.58. The van der Waals surface area contributed by atoms with Crippen molar-refractivity contribution in [3.63, 3.8) is 0 Å². The van der Waals surface area contributed by atoms with Crippen molar-refractivity contribution in [1.29, 1.82) is 0 Å². The van der Waals surface area contributed by atoms with Gasteiger partial charge in [0.2, 0.25) is 29.1 Å². The maximum Gasteiger partial charge on any atom is 0.271 e. The summed E-state index contributed by atoms with van der Waals surface area (Å²) >= 11 is 0. The van der Waals surface area contributed by atoms with E-state index in [0.717, 1.165) is 19.3 Å². The average molecular weight is 471 g/mol. The summed E-state index contributed by atoms with van der Waals surface area (Å²) in [6.07, 6.45) is 10.3. The van der Waals surface area contributed by atoms with Crippen molar-refractivity contribution in [2.24, 2.45) is 0 Å². The van der Waals surface area contributed by atoms with Gasteiger partial charge in [0.05, 0.1) is 12.7 Å². The number of hydrogen-bond acceptors (Lipinski definition) is 4. The van der Waals surface area contributed by atoms with Gasteiger partial charge >= 0.3 is 0 Å². The standard InChI is InChI=1S/C23H35F5O4/c1-4-5-6-7-8-9-10-13-16(32-23(29-2)30-3)14-11-12-15-31-22-20(27)18(25)17(24)19(26)21(22)28/h16,23H,4-15H2,1-3H3. The van der Waals surface area contributed by atoms with E-state index in [1.54, 1.807) is 0 Å². The molecule has 0 bridgehead atoms. The number of rotatable bonds is 18. The molecular formula is C23H35F5O4. The van der Waals surface area contributed by atoms with Crippen LogP contribution in [-0.2, 0) is 14.2 Å². The zero-order valence-electron chi connectivity index (χ0n) is 19.2. The number of methoxy groups -OCH3 is 2. The minimum atomic E-state index is -2.21. The normalized spacial score (nSPS) is 12.5. The highest BCUT2D eigenvalue weighted by Gasteiger charge is 2.27. The zero-order chi connectivity index (χ0) is 23.9. The van der Waals surface area contributed by atoms with Gasteiger partial charge < -0.3 is 18.9 Å². The summed E-state index contributed by atoms with van der Waals surface area (Å²) in [6, 6.07) is 0. The number of ether oxygens (including phenoxy) is 4. The molecule has 1 unspecified atom stereocenters. The molecule has 0 aliphatic rings. The van der Waals surface area contributed by atoms with Crippen LogP contribution in [0, 0.1) is 29.1 Å². The van der Waals surface area contributed by atoms with E-state index in [0.29, 0.717) is 19.3 Å². The summed E-state index contributed by atoms with van der Waals surface area (Å²) in [6.45, 7) is 1.19. The van der Waals surface area contributed by atoms with Crippen LogP contribution in [0.1, 0.15) is 77.6 Å². The molecule has 0 aliphatic carbocycles. The molecule has 4 nitrogen and oxygen atoms in total. The van der Waals surface area contributed by atoms with E-state index in [4.69, 9.17) is 18.9 Å². The molecule has 0 aromatic heterocycles. The van der Waals surface area contributed by atoms with Gasteiger partial charge in [0.15, 0.2) is 5.75 Å². The molecule has 0 fully saturated rings. The minimum Gasteiger partial charge on any atom is -0.487 e. The second-order valence-electron chi connectivity index (χ2n) is 7.67. The SMILES string of the molecule is CCCCCCCCCC(CCCCOc1c(F)c(F)c(F)c(F)c1F)OC(OC)OC. The van der Waals surface area contributed by atoms with Crippen molar-refractivity contribution < 1.29 is 40.9 Å². The lowest BCUT2D eigenvalue weighted by atomic mass is 10.0. The first-order chi connectivity index (χ1) is 15.4. The third-order valence-corrected chi connectivity index (χ3v) is 5.15. The molecular weight excluding hydrogens is 435 g/mol. The Balaban J connectivity index is 2.46. The Kier molecular flexibility index (Phi) is 14.5. The fraction of sp³-hybridized carbons (Fsp3) is 0.739. The maximum atomic E-state index is 13.6. The maximum absolute atomic E-state index is 13.6. The first kappa shape index (κ1) is 28.6. The van der Waals surface area contributed by atoms with Gasteiger partial charge in [0, 0.05) is 14.2 Å². The van der Waals surface area contributed by atoms with E-state index in [2.05, 4.69) is 6.92 Å². The van der Waals surface area contributed by atoms with E-state index in [1.165, 1.54) is 46.3 Å². The Morgan fingerprint density at radius 3 is 1.62 bits per heavy atom. The number of halogens is 5. The highest BCUT2D eigenvalue weighted by atomic mass is 19.2. The summed E-state index contributed by atoms with van der Waals surface area (Å²) in [5.41, 5.74) is 0. The molecule has 1 atom stereocenters. The predicted molar refractivity (Wildman–Crippen MR) is 111 cm³/mol. The van der Waals surface area contributed by atoms with Crippen molar-refractivity contribution in [1.82, 2.24) is 0 Å². The quantitative estimate of drug-likeness (QED) is 0.0759. The van der Waals surface area contributed by atoms with Crippen LogP contribution in [0.25, 0.3) is 0 Å². The van der Waals surface area contributed by atoms with Gasteiger partial charge in [-0.3, -0.25) is 0 Å². The number of benzene rings is 1. The molecule has 9 heteroatoms. The monoisotopic (exact) mass is 470 g/mol.